The van der Waals surface area contributed by atoms with Crippen molar-refractivity contribution < 1.29 is 4.79 Å². The molecule has 23 heavy (non-hydrogen) atoms. The maximum absolute atomic E-state index is 12.9. The average molecular weight is 428 g/mol. The lowest BCUT2D eigenvalue weighted by Crippen LogP contribution is -2.08. The van der Waals surface area contributed by atoms with Gasteiger partial charge in [-0.05, 0) is 52.3 Å². The number of imidazole rings is 1. The first-order valence-corrected chi connectivity index (χ1v) is 8.86. The third-order valence-electron chi connectivity index (χ3n) is 3.10. The van der Waals surface area contributed by atoms with Crippen LogP contribution in [0.1, 0.15) is 15.9 Å². The summed E-state index contributed by atoms with van der Waals surface area (Å²) in [6, 6.07) is 8.64. The molecule has 0 unspecified atom stereocenters. The monoisotopic (exact) mass is 426 g/mol. The first-order valence-electron chi connectivity index (χ1n) is 6.50. The molecule has 0 bridgehead atoms. The Morgan fingerprint density at radius 2 is 2.00 bits per heavy atom. The summed E-state index contributed by atoms with van der Waals surface area (Å²) in [5.74, 6) is -0.141. The van der Waals surface area contributed by atoms with Gasteiger partial charge < -0.3 is 4.57 Å². The molecule has 0 aliphatic heterocycles. The van der Waals surface area contributed by atoms with Gasteiger partial charge in [0.15, 0.2) is 0 Å². The second kappa shape index (κ2) is 7.01. The molecule has 0 saturated carbocycles. The van der Waals surface area contributed by atoms with Gasteiger partial charge in [0.25, 0.3) is 0 Å². The zero-order chi connectivity index (χ0) is 16.4. The SMILES string of the molecule is O=C(C(=Cc1cc(Br)sc1Cl)n1ccnc1)c1ccc(Cl)cc1. The Hall–Kier alpha value is -1.40. The Labute approximate surface area is 155 Å². The summed E-state index contributed by atoms with van der Waals surface area (Å²) in [6.07, 6.45) is 6.67. The smallest absolute Gasteiger partial charge is 0.209 e. The van der Waals surface area contributed by atoms with E-state index in [2.05, 4.69) is 20.9 Å². The zero-order valence-electron chi connectivity index (χ0n) is 11.5. The molecule has 3 nitrogen and oxygen atoms in total. The van der Waals surface area contributed by atoms with Gasteiger partial charge in [-0.2, -0.15) is 0 Å². The van der Waals surface area contributed by atoms with Crippen LogP contribution in [0.4, 0.5) is 0 Å². The van der Waals surface area contributed by atoms with Gasteiger partial charge in [0, 0.05) is 28.5 Å². The number of hydrogen-bond donors (Lipinski definition) is 0. The Morgan fingerprint density at radius 1 is 1.26 bits per heavy atom. The maximum atomic E-state index is 12.9. The van der Waals surface area contributed by atoms with E-state index >= 15 is 0 Å². The van der Waals surface area contributed by atoms with Gasteiger partial charge in [0.1, 0.15) is 4.34 Å². The summed E-state index contributed by atoms with van der Waals surface area (Å²) in [6.45, 7) is 0. The van der Waals surface area contributed by atoms with Crippen molar-refractivity contribution in [2.45, 2.75) is 0 Å². The van der Waals surface area contributed by atoms with Crippen LogP contribution in [0, 0.1) is 0 Å². The van der Waals surface area contributed by atoms with Gasteiger partial charge in [0.2, 0.25) is 5.78 Å². The molecule has 2 heterocycles. The minimum absolute atomic E-state index is 0.141. The quantitative estimate of drug-likeness (QED) is 0.384. The Bertz CT molecular complexity index is 870. The highest BCUT2D eigenvalue weighted by atomic mass is 79.9. The van der Waals surface area contributed by atoms with E-state index < -0.39 is 0 Å². The summed E-state index contributed by atoms with van der Waals surface area (Å²) in [5, 5.41) is 0.583. The molecule has 0 radical (unpaired) electrons. The van der Waals surface area contributed by atoms with Gasteiger partial charge in [-0.15, -0.1) is 11.3 Å². The summed E-state index contributed by atoms with van der Waals surface area (Å²) in [4.78, 5) is 16.9. The second-order valence-corrected chi connectivity index (χ2v) is 8.09. The van der Waals surface area contributed by atoms with E-state index in [1.807, 2.05) is 6.07 Å². The molecule has 0 aliphatic carbocycles. The average Bonchev–Trinajstić information content (AvgIpc) is 3.15. The summed E-state index contributed by atoms with van der Waals surface area (Å²) < 4.78 is 3.18. The third kappa shape index (κ3) is 3.75. The molecule has 0 saturated heterocycles. The maximum Gasteiger partial charge on any atom is 0.209 e. The van der Waals surface area contributed by atoms with Crippen molar-refractivity contribution in [1.82, 2.24) is 9.55 Å². The highest BCUT2D eigenvalue weighted by Crippen LogP contribution is 2.33. The number of hydrogen-bond acceptors (Lipinski definition) is 3. The molecule has 1 aromatic carbocycles. The lowest BCUT2D eigenvalue weighted by Gasteiger charge is -2.08. The van der Waals surface area contributed by atoms with E-state index in [9.17, 15) is 4.79 Å². The zero-order valence-corrected chi connectivity index (χ0v) is 15.5. The second-order valence-electron chi connectivity index (χ2n) is 4.62. The first kappa shape index (κ1) is 16.5. The summed E-state index contributed by atoms with van der Waals surface area (Å²) in [5.41, 5.74) is 1.77. The van der Waals surface area contributed by atoms with Gasteiger partial charge in [-0.1, -0.05) is 23.2 Å². The summed E-state index contributed by atoms with van der Waals surface area (Å²) >= 11 is 16.9. The number of carbonyl (C=O) groups excluding carboxylic acids is 1. The number of nitrogens with zero attached hydrogens (tertiary/aromatic N) is 2. The molecule has 3 rings (SSSR count). The van der Waals surface area contributed by atoms with Crippen molar-refractivity contribution in [2.24, 2.45) is 0 Å². The minimum Gasteiger partial charge on any atom is -0.303 e. The number of Topliss-reactive ketones (excluding diaryl/α,β-unsaturated/α-hetero) is 1. The number of rotatable bonds is 4. The molecule has 0 amide bonds. The van der Waals surface area contributed by atoms with E-state index in [1.165, 1.54) is 11.3 Å². The molecule has 7 heteroatoms. The van der Waals surface area contributed by atoms with Crippen LogP contribution >= 0.6 is 50.5 Å². The topological polar surface area (TPSA) is 34.9 Å². The van der Waals surface area contributed by atoms with E-state index in [4.69, 9.17) is 23.2 Å². The molecule has 3 aromatic rings. The van der Waals surface area contributed by atoms with Crippen molar-refractivity contribution in [1.29, 1.82) is 0 Å². The van der Waals surface area contributed by atoms with Crippen LogP contribution in [0.25, 0.3) is 11.8 Å². The predicted molar refractivity (Wildman–Crippen MR) is 99.2 cm³/mol. The molecule has 0 fully saturated rings. The van der Waals surface area contributed by atoms with Crippen LogP contribution in [0.2, 0.25) is 9.36 Å². The van der Waals surface area contributed by atoms with Gasteiger partial charge in [-0.3, -0.25) is 4.79 Å². The van der Waals surface area contributed by atoms with Crippen molar-refractivity contribution in [3.8, 4) is 0 Å². The molecule has 0 N–H and O–H groups in total. The largest absolute Gasteiger partial charge is 0.303 e. The minimum atomic E-state index is -0.141. The Morgan fingerprint density at radius 3 is 2.57 bits per heavy atom. The molecule has 0 aliphatic rings. The molecular formula is C16H9BrCl2N2OS. The third-order valence-corrected chi connectivity index (χ3v) is 5.24. The number of benzene rings is 1. The molecule has 2 aromatic heterocycles. The highest BCUT2D eigenvalue weighted by Gasteiger charge is 2.16. The van der Waals surface area contributed by atoms with Crippen LogP contribution in [0.3, 0.4) is 0 Å². The van der Waals surface area contributed by atoms with Crippen LogP contribution in [-0.2, 0) is 0 Å². The molecule has 0 spiro atoms. The number of allylic oxidation sites excluding steroid dienone is 1. The molecular weight excluding hydrogens is 419 g/mol. The fourth-order valence-corrected chi connectivity index (χ4v) is 4.10. The number of thiophene rings is 1. The Balaban J connectivity index is 2.08. The van der Waals surface area contributed by atoms with Crippen LogP contribution in [0.15, 0.2) is 52.8 Å². The first-order chi connectivity index (χ1) is 11.0. The number of halogens is 3. The van der Waals surface area contributed by atoms with E-state index in [0.29, 0.717) is 20.6 Å². The lowest BCUT2D eigenvalue weighted by molar-refractivity contribution is 0.105. The number of carbonyl (C=O) groups is 1. The van der Waals surface area contributed by atoms with Crippen LogP contribution in [-0.4, -0.2) is 15.3 Å². The number of ketones is 1. The molecule has 116 valence electrons. The lowest BCUT2D eigenvalue weighted by atomic mass is 10.1. The van der Waals surface area contributed by atoms with Gasteiger partial charge in [0.05, 0.1) is 15.8 Å². The fourth-order valence-electron chi connectivity index (χ4n) is 2.01. The van der Waals surface area contributed by atoms with E-state index in [-0.39, 0.29) is 5.78 Å². The van der Waals surface area contributed by atoms with E-state index in [0.717, 1.165) is 9.35 Å². The summed E-state index contributed by atoms with van der Waals surface area (Å²) in [7, 11) is 0. The highest BCUT2D eigenvalue weighted by molar-refractivity contribution is 9.11. The fraction of sp³-hybridized carbons (Fsp3) is 0. The van der Waals surface area contributed by atoms with Crippen molar-refractivity contribution in [2.75, 3.05) is 0 Å². The molecule has 0 atom stereocenters. The van der Waals surface area contributed by atoms with Crippen molar-refractivity contribution in [3.63, 3.8) is 0 Å². The van der Waals surface area contributed by atoms with Crippen LogP contribution < -0.4 is 0 Å². The van der Waals surface area contributed by atoms with Gasteiger partial charge in [-0.25, -0.2) is 4.98 Å². The standard InChI is InChI=1S/C16H9BrCl2N2OS/c17-14-8-11(16(19)23-14)7-13(21-6-5-20-9-21)15(22)10-1-3-12(18)4-2-10/h1-9H. The van der Waals surface area contributed by atoms with Crippen LogP contribution in [0.5, 0.6) is 0 Å². The van der Waals surface area contributed by atoms with E-state index in [1.54, 1.807) is 53.6 Å². The van der Waals surface area contributed by atoms with Crippen molar-refractivity contribution in [3.05, 3.63) is 73.3 Å². The van der Waals surface area contributed by atoms with Gasteiger partial charge >= 0.3 is 0 Å². The normalized spacial score (nSPS) is 11.7. The predicted octanol–water partition coefficient (Wildman–Crippen LogP) is 5.89. The van der Waals surface area contributed by atoms with Crippen molar-refractivity contribution >= 4 is 68.0 Å². The number of aromatic nitrogens is 2. The Kier molecular flexibility index (Phi) is 5.02.